The van der Waals surface area contributed by atoms with E-state index in [4.69, 9.17) is 11.6 Å². The Kier molecular flexibility index (Phi) is 3.99. The van der Waals surface area contributed by atoms with E-state index in [-0.39, 0.29) is 16.2 Å². The Balaban J connectivity index is 2.59. The Hall–Kier alpha value is -2.11. The summed E-state index contributed by atoms with van der Waals surface area (Å²) in [7, 11) is 0. The molecular weight excluding hydrogens is 261 g/mol. The van der Waals surface area contributed by atoms with Crippen LogP contribution in [0, 0.1) is 24.1 Å². The number of nitriles is 1. The van der Waals surface area contributed by atoms with Crippen LogP contribution in [0.5, 0.6) is 0 Å². The maximum absolute atomic E-state index is 13.9. The average Bonchev–Trinajstić information content (AvgIpc) is 2.40. The molecule has 2 aromatic rings. The average molecular weight is 272 g/mol. The molecule has 19 heavy (non-hydrogen) atoms. The molecular formula is C16H11ClFN. The van der Waals surface area contributed by atoms with Crippen molar-refractivity contribution in [2.45, 2.75) is 6.92 Å². The van der Waals surface area contributed by atoms with Crippen LogP contribution in [0.1, 0.15) is 16.7 Å². The second-order valence-electron chi connectivity index (χ2n) is 4.15. The Bertz CT molecular complexity index is 669. The third-order valence-corrected chi connectivity index (χ3v) is 3.15. The number of allylic oxidation sites excluding steroid dienone is 1. The summed E-state index contributed by atoms with van der Waals surface area (Å²) in [6.45, 7) is 1.80. The van der Waals surface area contributed by atoms with Gasteiger partial charge < -0.3 is 0 Å². The third-order valence-electron chi connectivity index (χ3n) is 2.75. The van der Waals surface area contributed by atoms with Gasteiger partial charge in [-0.05, 0) is 24.1 Å². The molecule has 0 aromatic heterocycles. The maximum atomic E-state index is 13.9. The van der Waals surface area contributed by atoms with Crippen LogP contribution in [-0.2, 0) is 0 Å². The Morgan fingerprint density at radius 2 is 1.84 bits per heavy atom. The van der Waals surface area contributed by atoms with Gasteiger partial charge in [0.2, 0.25) is 0 Å². The highest BCUT2D eigenvalue weighted by molar-refractivity contribution is 6.53. The van der Waals surface area contributed by atoms with E-state index in [0.717, 1.165) is 5.56 Å². The first-order chi connectivity index (χ1) is 9.13. The van der Waals surface area contributed by atoms with E-state index in [0.29, 0.717) is 5.56 Å². The van der Waals surface area contributed by atoms with Gasteiger partial charge in [0.25, 0.3) is 0 Å². The molecule has 0 unspecified atom stereocenters. The van der Waals surface area contributed by atoms with E-state index in [2.05, 4.69) is 0 Å². The minimum Gasteiger partial charge on any atom is -0.206 e. The van der Waals surface area contributed by atoms with Crippen molar-refractivity contribution in [2.75, 3.05) is 0 Å². The van der Waals surface area contributed by atoms with Gasteiger partial charge in [-0.1, -0.05) is 54.1 Å². The molecule has 3 heteroatoms. The Morgan fingerprint density at radius 1 is 1.16 bits per heavy atom. The molecule has 94 valence electrons. The standard InChI is InChI=1S/C16H11ClFN/c1-11-7-8-13(15(18)9-11)16(17)14(10-19)12-5-3-2-4-6-12/h2-9H,1H3/b16-14-. The molecule has 0 atom stereocenters. The number of rotatable bonds is 2. The lowest BCUT2D eigenvalue weighted by molar-refractivity contribution is 0.623. The topological polar surface area (TPSA) is 23.8 Å². The third kappa shape index (κ3) is 2.83. The Labute approximate surface area is 116 Å². The first-order valence-corrected chi connectivity index (χ1v) is 6.13. The van der Waals surface area contributed by atoms with Crippen molar-refractivity contribution >= 4 is 22.2 Å². The quantitative estimate of drug-likeness (QED) is 0.570. The number of hydrogen-bond acceptors (Lipinski definition) is 1. The number of hydrogen-bond donors (Lipinski definition) is 0. The first-order valence-electron chi connectivity index (χ1n) is 5.75. The van der Waals surface area contributed by atoms with Gasteiger partial charge in [-0.3, -0.25) is 0 Å². The summed E-state index contributed by atoms with van der Waals surface area (Å²) < 4.78 is 13.9. The second kappa shape index (κ2) is 5.69. The van der Waals surface area contributed by atoms with E-state index in [1.165, 1.54) is 6.07 Å². The van der Waals surface area contributed by atoms with Gasteiger partial charge in [-0.15, -0.1) is 0 Å². The zero-order chi connectivity index (χ0) is 13.8. The number of halogens is 2. The molecule has 0 aliphatic rings. The highest BCUT2D eigenvalue weighted by Gasteiger charge is 2.13. The summed E-state index contributed by atoms with van der Waals surface area (Å²) in [4.78, 5) is 0. The first kappa shape index (κ1) is 13.3. The van der Waals surface area contributed by atoms with Crippen molar-refractivity contribution in [2.24, 2.45) is 0 Å². The Morgan fingerprint density at radius 3 is 2.42 bits per heavy atom. The lowest BCUT2D eigenvalue weighted by Crippen LogP contribution is -1.90. The summed E-state index contributed by atoms with van der Waals surface area (Å²) in [6.07, 6.45) is 0. The predicted octanol–water partition coefficient (Wildman–Crippen LogP) is 4.76. The van der Waals surface area contributed by atoms with Gasteiger partial charge in [-0.2, -0.15) is 5.26 Å². The van der Waals surface area contributed by atoms with E-state index < -0.39 is 5.82 Å². The molecule has 0 N–H and O–H groups in total. The van der Waals surface area contributed by atoms with Crippen molar-refractivity contribution in [3.05, 3.63) is 71.0 Å². The molecule has 2 aromatic carbocycles. The largest absolute Gasteiger partial charge is 0.206 e. The van der Waals surface area contributed by atoms with Crippen LogP contribution in [0.15, 0.2) is 48.5 Å². The van der Waals surface area contributed by atoms with Crippen LogP contribution in [0.25, 0.3) is 10.6 Å². The van der Waals surface area contributed by atoms with Crippen molar-refractivity contribution in [1.29, 1.82) is 5.26 Å². The molecule has 2 rings (SSSR count). The monoisotopic (exact) mass is 271 g/mol. The van der Waals surface area contributed by atoms with Gasteiger partial charge in [0.1, 0.15) is 11.9 Å². The highest BCUT2D eigenvalue weighted by Crippen LogP contribution is 2.31. The van der Waals surface area contributed by atoms with E-state index >= 15 is 0 Å². The summed E-state index contributed by atoms with van der Waals surface area (Å²) in [5.74, 6) is -0.423. The lowest BCUT2D eigenvalue weighted by Gasteiger charge is -2.06. The fraction of sp³-hybridized carbons (Fsp3) is 0.0625. The number of nitrogens with zero attached hydrogens (tertiary/aromatic N) is 1. The summed E-state index contributed by atoms with van der Waals surface area (Å²) in [6, 6.07) is 15.8. The van der Waals surface area contributed by atoms with Gasteiger partial charge in [0, 0.05) is 5.56 Å². The zero-order valence-corrected chi connectivity index (χ0v) is 11.1. The molecule has 0 aliphatic carbocycles. The molecule has 0 bridgehead atoms. The van der Waals surface area contributed by atoms with Crippen molar-refractivity contribution in [3.63, 3.8) is 0 Å². The molecule has 0 amide bonds. The van der Waals surface area contributed by atoms with Gasteiger partial charge in [0.05, 0.1) is 10.6 Å². The number of benzene rings is 2. The molecule has 0 spiro atoms. The smallest absolute Gasteiger partial charge is 0.132 e. The fourth-order valence-corrected chi connectivity index (χ4v) is 2.08. The molecule has 1 nitrogen and oxygen atoms in total. The highest BCUT2D eigenvalue weighted by atomic mass is 35.5. The molecule has 0 radical (unpaired) electrons. The van der Waals surface area contributed by atoms with Crippen LogP contribution in [-0.4, -0.2) is 0 Å². The van der Waals surface area contributed by atoms with E-state index in [1.54, 1.807) is 31.2 Å². The van der Waals surface area contributed by atoms with Crippen molar-refractivity contribution in [3.8, 4) is 6.07 Å². The summed E-state index contributed by atoms with van der Waals surface area (Å²) >= 11 is 6.18. The lowest BCUT2D eigenvalue weighted by atomic mass is 10.0. The van der Waals surface area contributed by atoms with Gasteiger partial charge >= 0.3 is 0 Å². The van der Waals surface area contributed by atoms with Crippen LogP contribution < -0.4 is 0 Å². The van der Waals surface area contributed by atoms with Crippen LogP contribution in [0.3, 0.4) is 0 Å². The maximum Gasteiger partial charge on any atom is 0.132 e. The van der Waals surface area contributed by atoms with Crippen molar-refractivity contribution < 1.29 is 4.39 Å². The molecule has 0 fully saturated rings. The van der Waals surface area contributed by atoms with Crippen LogP contribution >= 0.6 is 11.6 Å². The SMILES string of the molecule is Cc1ccc(/C(Cl)=C(\C#N)c2ccccc2)c(F)c1. The van der Waals surface area contributed by atoms with E-state index in [1.807, 2.05) is 24.3 Å². The normalized spacial score (nSPS) is 11.7. The van der Waals surface area contributed by atoms with Gasteiger partial charge in [-0.25, -0.2) is 4.39 Å². The van der Waals surface area contributed by atoms with Gasteiger partial charge in [0.15, 0.2) is 0 Å². The molecule has 0 saturated heterocycles. The minimum atomic E-state index is -0.423. The predicted molar refractivity (Wildman–Crippen MR) is 75.9 cm³/mol. The summed E-state index contributed by atoms with van der Waals surface area (Å²) in [5, 5.41) is 9.37. The summed E-state index contributed by atoms with van der Waals surface area (Å²) in [5.41, 5.74) is 2.00. The fourth-order valence-electron chi connectivity index (χ4n) is 1.78. The zero-order valence-electron chi connectivity index (χ0n) is 10.3. The minimum absolute atomic E-state index is 0.131. The molecule has 0 saturated carbocycles. The van der Waals surface area contributed by atoms with E-state index in [9.17, 15) is 9.65 Å². The van der Waals surface area contributed by atoms with Crippen LogP contribution in [0.4, 0.5) is 4.39 Å². The van der Waals surface area contributed by atoms with Crippen molar-refractivity contribution in [1.82, 2.24) is 0 Å². The van der Waals surface area contributed by atoms with Crippen LogP contribution in [0.2, 0.25) is 0 Å². The molecule has 0 aliphatic heterocycles. The molecule has 0 heterocycles. The second-order valence-corrected chi connectivity index (χ2v) is 4.53. The number of aryl methyl sites for hydroxylation is 1.